The Balaban J connectivity index is 2.73. The Bertz CT molecular complexity index is 488. The van der Waals surface area contributed by atoms with Gasteiger partial charge in [-0.1, -0.05) is 0 Å². The van der Waals surface area contributed by atoms with Crippen LogP contribution < -0.4 is 4.90 Å². The maximum atomic E-state index is 12.9. The molecule has 0 aromatic heterocycles. The van der Waals surface area contributed by atoms with Crippen LogP contribution in [-0.2, 0) is 9.59 Å². The summed E-state index contributed by atoms with van der Waals surface area (Å²) in [5.74, 6) is -1.46. The fourth-order valence-corrected chi connectivity index (χ4v) is 2.27. The smallest absolute Gasteiger partial charge is 0.319 e. The predicted octanol–water partition coefficient (Wildman–Crippen LogP) is 2.78. The number of benzene rings is 1. The van der Waals surface area contributed by atoms with Crippen LogP contribution >= 0.6 is 11.8 Å². The number of halogens is 1. The zero-order valence-corrected chi connectivity index (χ0v) is 12.5. The number of nitrogens with zero attached hydrogens (tertiary/aromatic N) is 1. The third kappa shape index (κ3) is 4.23. The van der Waals surface area contributed by atoms with Gasteiger partial charge in [0.05, 0.1) is 5.75 Å². The average molecular weight is 299 g/mol. The summed E-state index contributed by atoms with van der Waals surface area (Å²) >= 11 is 1.07. The Labute approximate surface area is 122 Å². The lowest BCUT2D eigenvalue weighted by atomic mass is 10.2. The number of carbonyl (C=O) groups excluding carboxylic acids is 1. The van der Waals surface area contributed by atoms with Crippen LogP contribution in [0.3, 0.4) is 0 Å². The molecule has 0 heterocycles. The molecule has 0 fully saturated rings. The number of hydrogen-bond acceptors (Lipinski definition) is 3. The van der Waals surface area contributed by atoms with Gasteiger partial charge in [-0.15, -0.1) is 11.8 Å². The van der Waals surface area contributed by atoms with Crippen molar-refractivity contribution in [3.63, 3.8) is 0 Å². The number of rotatable bonds is 6. The molecule has 0 saturated heterocycles. The van der Waals surface area contributed by atoms with E-state index in [-0.39, 0.29) is 17.5 Å². The minimum absolute atomic E-state index is 0.0600. The summed E-state index contributed by atoms with van der Waals surface area (Å²) in [5, 5.41) is 9.01. The largest absolute Gasteiger partial charge is 0.480 e. The molecular weight excluding hydrogens is 281 g/mol. The van der Waals surface area contributed by atoms with E-state index in [4.69, 9.17) is 5.11 Å². The van der Waals surface area contributed by atoms with Gasteiger partial charge in [0.25, 0.3) is 0 Å². The normalized spacial score (nSPS) is 11.2. The second-order valence-electron chi connectivity index (χ2n) is 4.72. The van der Waals surface area contributed by atoms with Crippen molar-refractivity contribution in [3.05, 3.63) is 30.1 Å². The first-order valence-corrected chi connectivity index (χ1v) is 7.19. The molecule has 0 aliphatic heterocycles. The van der Waals surface area contributed by atoms with Crippen molar-refractivity contribution in [3.8, 4) is 0 Å². The van der Waals surface area contributed by atoms with E-state index in [1.807, 2.05) is 6.92 Å². The molecule has 4 nitrogen and oxygen atoms in total. The van der Waals surface area contributed by atoms with Crippen molar-refractivity contribution in [1.29, 1.82) is 0 Å². The highest BCUT2D eigenvalue weighted by molar-refractivity contribution is 8.02. The van der Waals surface area contributed by atoms with Crippen LogP contribution in [0.25, 0.3) is 0 Å². The van der Waals surface area contributed by atoms with Crippen LogP contribution in [0.1, 0.15) is 20.8 Å². The van der Waals surface area contributed by atoms with Gasteiger partial charge in [-0.2, -0.15) is 0 Å². The number of thioether (sulfide) groups is 1. The molecule has 0 saturated carbocycles. The highest BCUT2D eigenvalue weighted by Gasteiger charge is 2.29. The van der Waals surface area contributed by atoms with Crippen molar-refractivity contribution in [2.75, 3.05) is 17.2 Å². The highest BCUT2D eigenvalue weighted by atomic mass is 32.2. The molecule has 1 aromatic carbocycles. The molecule has 20 heavy (non-hydrogen) atoms. The SMILES string of the molecule is CCN(C(=O)CSC(C)(C)C(=O)O)c1ccc(F)cc1. The molecule has 1 N–H and O–H groups in total. The van der Waals surface area contributed by atoms with E-state index >= 15 is 0 Å². The zero-order valence-electron chi connectivity index (χ0n) is 11.7. The molecule has 1 aromatic rings. The Morgan fingerprint density at radius 3 is 2.30 bits per heavy atom. The van der Waals surface area contributed by atoms with Crippen LogP contribution in [0.5, 0.6) is 0 Å². The topological polar surface area (TPSA) is 57.6 Å². The zero-order chi connectivity index (χ0) is 15.3. The van der Waals surface area contributed by atoms with Crippen molar-refractivity contribution in [2.24, 2.45) is 0 Å². The lowest BCUT2D eigenvalue weighted by Gasteiger charge is -2.23. The minimum Gasteiger partial charge on any atom is -0.480 e. The fourth-order valence-electron chi connectivity index (χ4n) is 1.51. The van der Waals surface area contributed by atoms with Crippen LogP contribution in [0, 0.1) is 5.82 Å². The molecule has 110 valence electrons. The van der Waals surface area contributed by atoms with E-state index < -0.39 is 10.7 Å². The molecule has 1 rings (SSSR count). The average Bonchev–Trinajstić information content (AvgIpc) is 2.39. The Hall–Kier alpha value is -1.56. The number of amides is 1. The van der Waals surface area contributed by atoms with Gasteiger partial charge in [-0.3, -0.25) is 9.59 Å². The van der Waals surface area contributed by atoms with E-state index in [2.05, 4.69) is 0 Å². The van der Waals surface area contributed by atoms with Gasteiger partial charge in [0.1, 0.15) is 10.6 Å². The molecule has 1 amide bonds. The summed E-state index contributed by atoms with van der Waals surface area (Å²) in [4.78, 5) is 24.6. The number of hydrogen-bond donors (Lipinski definition) is 1. The third-order valence-corrected chi connectivity index (χ3v) is 4.11. The summed E-state index contributed by atoms with van der Waals surface area (Å²) in [6.45, 7) is 5.37. The van der Waals surface area contributed by atoms with Crippen LogP contribution in [0.15, 0.2) is 24.3 Å². The Morgan fingerprint density at radius 2 is 1.85 bits per heavy atom. The minimum atomic E-state index is -1.02. The summed E-state index contributed by atoms with van der Waals surface area (Å²) in [6.07, 6.45) is 0. The van der Waals surface area contributed by atoms with Gasteiger partial charge < -0.3 is 10.0 Å². The Morgan fingerprint density at radius 1 is 1.30 bits per heavy atom. The van der Waals surface area contributed by atoms with Crippen molar-refractivity contribution < 1.29 is 19.1 Å². The number of carboxylic acids is 1. The lowest BCUT2D eigenvalue weighted by Crippen LogP contribution is -2.35. The van der Waals surface area contributed by atoms with Crippen molar-refractivity contribution in [2.45, 2.75) is 25.5 Å². The number of carbonyl (C=O) groups is 2. The molecule has 0 aliphatic rings. The third-order valence-electron chi connectivity index (χ3n) is 2.83. The van der Waals surface area contributed by atoms with Crippen LogP contribution in [-0.4, -0.2) is 34.0 Å². The number of anilines is 1. The Kier molecular flexibility index (Phi) is 5.56. The molecule has 0 bridgehead atoms. The molecule has 0 unspecified atom stereocenters. The maximum absolute atomic E-state index is 12.9. The van der Waals surface area contributed by atoms with Gasteiger partial charge in [0, 0.05) is 12.2 Å². The van der Waals surface area contributed by atoms with Gasteiger partial charge in [-0.05, 0) is 45.0 Å². The lowest BCUT2D eigenvalue weighted by molar-refractivity contribution is -0.138. The highest BCUT2D eigenvalue weighted by Crippen LogP contribution is 2.25. The molecule has 0 spiro atoms. The summed E-state index contributed by atoms with van der Waals surface area (Å²) < 4.78 is 11.9. The van der Waals surface area contributed by atoms with E-state index in [1.54, 1.807) is 13.8 Å². The molecule has 0 radical (unpaired) electrons. The first-order valence-electron chi connectivity index (χ1n) is 6.21. The maximum Gasteiger partial charge on any atom is 0.319 e. The molecule has 0 atom stereocenters. The molecule has 0 aliphatic carbocycles. The van der Waals surface area contributed by atoms with E-state index in [0.29, 0.717) is 12.2 Å². The monoisotopic (exact) mass is 299 g/mol. The van der Waals surface area contributed by atoms with Crippen LogP contribution in [0.2, 0.25) is 0 Å². The second kappa shape index (κ2) is 6.74. The standard InChI is InChI=1S/C14H18FNO3S/c1-4-16(11-7-5-10(15)6-8-11)12(17)9-20-14(2,3)13(18)19/h5-8H,4,9H2,1-3H3,(H,18,19). The van der Waals surface area contributed by atoms with Crippen LogP contribution in [0.4, 0.5) is 10.1 Å². The summed E-state index contributed by atoms with van der Waals surface area (Å²) in [7, 11) is 0. The molecule has 6 heteroatoms. The van der Waals surface area contributed by atoms with E-state index in [1.165, 1.54) is 29.2 Å². The van der Waals surface area contributed by atoms with Gasteiger partial charge in [-0.25, -0.2) is 4.39 Å². The fraction of sp³-hybridized carbons (Fsp3) is 0.429. The predicted molar refractivity (Wildman–Crippen MR) is 78.6 cm³/mol. The summed E-state index contributed by atoms with van der Waals surface area (Å²) in [5.41, 5.74) is 0.604. The quantitative estimate of drug-likeness (QED) is 0.877. The first-order chi connectivity index (χ1) is 9.27. The first kappa shape index (κ1) is 16.5. The van der Waals surface area contributed by atoms with E-state index in [9.17, 15) is 14.0 Å². The van der Waals surface area contributed by atoms with Crippen molar-refractivity contribution >= 4 is 29.3 Å². The van der Waals surface area contributed by atoms with Gasteiger partial charge in [0.15, 0.2) is 0 Å². The van der Waals surface area contributed by atoms with Gasteiger partial charge in [0.2, 0.25) is 5.91 Å². The second-order valence-corrected chi connectivity index (χ2v) is 6.32. The summed E-state index contributed by atoms with van der Waals surface area (Å²) in [6, 6.07) is 5.65. The van der Waals surface area contributed by atoms with E-state index in [0.717, 1.165) is 11.8 Å². The number of aliphatic carboxylic acids is 1. The van der Waals surface area contributed by atoms with Gasteiger partial charge >= 0.3 is 5.97 Å². The molecular formula is C14H18FNO3S. The number of carboxylic acid groups (broad SMARTS) is 1. The van der Waals surface area contributed by atoms with Crippen molar-refractivity contribution in [1.82, 2.24) is 0 Å².